The molecule has 1 heterocycles. The third kappa shape index (κ3) is 2.92. The van der Waals surface area contributed by atoms with E-state index in [1.54, 1.807) is 18.3 Å². The molecule has 0 aliphatic heterocycles. The van der Waals surface area contributed by atoms with Gasteiger partial charge in [0.15, 0.2) is 23.0 Å². The van der Waals surface area contributed by atoms with Crippen molar-refractivity contribution in [3.63, 3.8) is 0 Å². The van der Waals surface area contributed by atoms with Gasteiger partial charge in [-0.05, 0) is 41.3 Å². The third-order valence-corrected chi connectivity index (χ3v) is 3.35. The number of aromatic nitrogens is 1. The fourth-order valence-corrected chi connectivity index (χ4v) is 2.27. The van der Waals surface area contributed by atoms with Crippen LogP contribution in [0.15, 0.2) is 42.6 Å². The van der Waals surface area contributed by atoms with Gasteiger partial charge < -0.3 is 20.4 Å². The van der Waals surface area contributed by atoms with Crippen molar-refractivity contribution in [3.05, 3.63) is 53.9 Å². The molecule has 6 heteroatoms. The first kappa shape index (κ1) is 15.9. The molecule has 5 nitrogen and oxygen atoms in total. The smallest absolute Gasteiger partial charge is 0.158 e. The highest BCUT2D eigenvalue weighted by atomic mass is 79.9. The van der Waals surface area contributed by atoms with E-state index in [1.807, 2.05) is 0 Å². The molecule has 0 unspecified atom stereocenters. The molecule has 0 fully saturated rings. The van der Waals surface area contributed by atoms with E-state index in [0.717, 1.165) is 16.3 Å². The summed E-state index contributed by atoms with van der Waals surface area (Å²) >= 11 is 0. The van der Waals surface area contributed by atoms with E-state index >= 15 is 0 Å². The minimum absolute atomic E-state index is 0. The molecular weight excluding hydrogens is 350 g/mol. The first-order valence-corrected chi connectivity index (χ1v) is 6.35. The Kier molecular flexibility index (Phi) is 4.42. The van der Waals surface area contributed by atoms with Crippen molar-refractivity contribution in [2.24, 2.45) is 0 Å². The average Bonchev–Trinajstić information content (AvgIpc) is 2.45. The van der Waals surface area contributed by atoms with Gasteiger partial charge >= 0.3 is 0 Å². The molecule has 0 aliphatic rings. The lowest BCUT2D eigenvalue weighted by atomic mass is 10.0. The molecule has 0 bridgehead atoms. The van der Waals surface area contributed by atoms with Gasteiger partial charge in [-0.2, -0.15) is 0 Å². The molecule has 3 rings (SSSR count). The number of hydrogen-bond donors (Lipinski definition) is 4. The summed E-state index contributed by atoms with van der Waals surface area (Å²) < 4.78 is 0. The topological polar surface area (TPSA) is 93.8 Å². The van der Waals surface area contributed by atoms with Crippen LogP contribution in [-0.4, -0.2) is 25.4 Å². The van der Waals surface area contributed by atoms with Gasteiger partial charge in [-0.15, -0.1) is 17.0 Å². The van der Waals surface area contributed by atoms with E-state index in [9.17, 15) is 20.4 Å². The van der Waals surface area contributed by atoms with Gasteiger partial charge in [0.25, 0.3) is 0 Å². The van der Waals surface area contributed by atoms with Gasteiger partial charge in [0.1, 0.15) is 0 Å². The number of nitrogens with zero attached hydrogens (tertiary/aromatic N) is 1. The summed E-state index contributed by atoms with van der Waals surface area (Å²) in [6.45, 7) is 0. The highest BCUT2D eigenvalue weighted by Gasteiger charge is 2.09. The predicted octanol–water partition coefficient (Wildman–Crippen LogP) is 3.23. The fraction of sp³-hybridized carbons (Fsp3) is 0.0625. The molecule has 22 heavy (non-hydrogen) atoms. The number of rotatable bonds is 2. The summed E-state index contributed by atoms with van der Waals surface area (Å²) in [6, 6.07) is 9.26. The van der Waals surface area contributed by atoms with E-state index in [0.29, 0.717) is 12.1 Å². The van der Waals surface area contributed by atoms with E-state index in [4.69, 9.17) is 0 Å². The average molecular weight is 364 g/mol. The second-order valence-corrected chi connectivity index (χ2v) is 4.82. The van der Waals surface area contributed by atoms with E-state index < -0.39 is 0 Å². The molecule has 0 saturated carbocycles. The molecule has 0 saturated heterocycles. The molecule has 0 spiro atoms. The van der Waals surface area contributed by atoms with Crippen LogP contribution in [0.4, 0.5) is 0 Å². The number of halogens is 1. The molecular formula is C16H14BrNO4. The van der Waals surface area contributed by atoms with E-state index in [2.05, 4.69) is 4.98 Å². The maximum atomic E-state index is 9.64. The molecule has 2 aromatic carbocycles. The first-order valence-electron chi connectivity index (χ1n) is 6.35. The van der Waals surface area contributed by atoms with E-state index in [-0.39, 0.29) is 40.0 Å². The molecule has 0 atom stereocenters. The first-order chi connectivity index (χ1) is 10.0. The summed E-state index contributed by atoms with van der Waals surface area (Å²) in [5, 5.41) is 39.5. The Balaban J connectivity index is 0.00000176. The normalized spacial score (nSPS) is 10.4. The molecule has 0 radical (unpaired) electrons. The van der Waals surface area contributed by atoms with Gasteiger partial charge in [-0.1, -0.05) is 6.07 Å². The molecule has 0 aliphatic carbocycles. The molecule has 114 valence electrons. The zero-order valence-electron chi connectivity index (χ0n) is 11.4. The minimum atomic E-state index is -0.203. The Hall–Kier alpha value is -2.47. The Bertz CT molecular complexity index is 836. The lowest BCUT2D eigenvalue weighted by Crippen LogP contribution is -1.93. The maximum Gasteiger partial charge on any atom is 0.158 e. The number of fused-ring (bicyclic) bond motifs is 1. The summed E-state index contributed by atoms with van der Waals surface area (Å²) in [5.41, 5.74) is 1.48. The van der Waals surface area contributed by atoms with Gasteiger partial charge in [0, 0.05) is 18.0 Å². The number of aromatic hydroxyl groups is 4. The van der Waals surface area contributed by atoms with Gasteiger partial charge in [-0.25, -0.2) is 0 Å². The van der Waals surface area contributed by atoms with Crippen molar-refractivity contribution in [1.29, 1.82) is 0 Å². The van der Waals surface area contributed by atoms with Crippen LogP contribution in [0.2, 0.25) is 0 Å². The zero-order chi connectivity index (χ0) is 15.0. The molecule has 0 amide bonds. The summed E-state index contributed by atoms with van der Waals surface area (Å²) in [4.78, 5) is 4.29. The number of pyridine rings is 1. The van der Waals surface area contributed by atoms with Crippen LogP contribution >= 0.6 is 17.0 Å². The third-order valence-electron chi connectivity index (χ3n) is 3.35. The van der Waals surface area contributed by atoms with Crippen LogP contribution in [0.3, 0.4) is 0 Å². The quantitative estimate of drug-likeness (QED) is 0.524. The summed E-state index contributed by atoms with van der Waals surface area (Å²) in [6.07, 6.45) is 2.05. The number of phenols is 4. The van der Waals surface area contributed by atoms with Crippen molar-refractivity contribution < 1.29 is 20.4 Å². The van der Waals surface area contributed by atoms with E-state index in [1.165, 1.54) is 24.3 Å². The van der Waals surface area contributed by atoms with Crippen molar-refractivity contribution in [1.82, 2.24) is 4.98 Å². The highest BCUT2D eigenvalue weighted by molar-refractivity contribution is 8.93. The number of phenolic OH excluding ortho intramolecular Hbond substituents is 4. The lowest BCUT2D eigenvalue weighted by molar-refractivity contribution is 0.403. The van der Waals surface area contributed by atoms with Gasteiger partial charge in [-0.3, -0.25) is 4.98 Å². The second-order valence-electron chi connectivity index (χ2n) is 4.82. The standard InChI is InChI=1S/C16H13NO4.BrH/c18-13-2-1-9(6-14(13)19)5-12-11-8-16(21)15(20)7-10(11)3-4-17-12;/h1-4,6-8,18-21H,5H2;1H. The zero-order valence-corrected chi connectivity index (χ0v) is 13.1. The van der Waals surface area contributed by atoms with Crippen LogP contribution in [0, 0.1) is 0 Å². The summed E-state index contributed by atoms with van der Waals surface area (Å²) in [5.74, 6) is -0.743. The Labute approximate surface area is 136 Å². The number of benzene rings is 2. The highest BCUT2D eigenvalue weighted by Crippen LogP contribution is 2.32. The van der Waals surface area contributed by atoms with Crippen LogP contribution in [-0.2, 0) is 6.42 Å². The largest absolute Gasteiger partial charge is 0.504 e. The van der Waals surface area contributed by atoms with Crippen molar-refractivity contribution in [3.8, 4) is 23.0 Å². The second kappa shape index (κ2) is 6.11. The van der Waals surface area contributed by atoms with Crippen molar-refractivity contribution in [2.45, 2.75) is 6.42 Å². The fourth-order valence-electron chi connectivity index (χ4n) is 2.27. The van der Waals surface area contributed by atoms with Crippen molar-refractivity contribution in [2.75, 3.05) is 0 Å². The Morgan fingerprint density at radius 2 is 1.45 bits per heavy atom. The number of hydrogen-bond acceptors (Lipinski definition) is 5. The van der Waals surface area contributed by atoms with Crippen LogP contribution in [0.1, 0.15) is 11.3 Å². The Morgan fingerprint density at radius 1 is 0.773 bits per heavy atom. The predicted molar refractivity (Wildman–Crippen MR) is 88.0 cm³/mol. The van der Waals surface area contributed by atoms with Crippen LogP contribution in [0.25, 0.3) is 10.8 Å². The lowest BCUT2D eigenvalue weighted by Gasteiger charge is -2.08. The maximum absolute atomic E-state index is 9.64. The monoisotopic (exact) mass is 363 g/mol. The summed E-state index contributed by atoms with van der Waals surface area (Å²) in [7, 11) is 0. The SMILES string of the molecule is Br.Oc1ccc(Cc2nccc3cc(O)c(O)cc23)cc1O. The minimum Gasteiger partial charge on any atom is -0.504 e. The van der Waals surface area contributed by atoms with Crippen LogP contribution < -0.4 is 0 Å². The molecule has 4 N–H and O–H groups in total. The molecule has 1 aromatic heterocycles. The Morgan fingerprint density at radius 3 is 2.18 bits per heavy atom. The van der Waals surface area contributed by atoms with Gasteiger partial charge in [0.05, 0.1) is 5.69 Å². The molecule has 3 aromatic rings. The van der Waals surface area contributed by atoms with Gasteiger partial charge in [0.2, 0.25) is 0 Å². The van der Waals surface area contributed by atoms with Crippen LogP contribution in [0.5, 0.6) is 23.0 Å². The van der Waals surface area contributed by atoms with Crippen molar-refractivity contribution >= 4 is 27.8 Å².